The lowest BCUT2D eigenvalue weighted by Gasteiger charge is -2.23. The van der Waals surface area contributed by atoms with Crippen LogP contribution in [0.3, 0.4) is 0 Å². The van der Waals surface area contributed by atoms with Gasteiger partial charge in [-0.05, 0) is 61.1 Å². The summed E-state index contributed by atoms with van der Waals surface area (Å²) in [5, 5.41) is 2.79. The number of ether oxygens (including phenoxy) is 1. The summed E-state index contributed by atoms with van der Waals surface area (Å²) in [5.41, 5.74) is 3.07. The van der Waals surface area contributed by atoms with Crippen molar-refractivity contribution in [2.24, 2.45) is 0 Å². The van der Waals surface area contributed by atoms with Gasteiger partial charge in [0.1, 0.15) is 5.75 Å². The fraction of sp³-hybridized carbons (Fsp3) is 0.350. The van der Waals surface area contributed by atoms with Crippen molar-refractivity contribution >= 4 is 11.6 Å². The fourth-order valence-electron chi connectivity index (χ4n) is 3.07. The van der Waals surface area contributed by atoms with Crippen LogP contribution in [0.1, 0.15) is 39.0 Å². The summed E-state index contributed by atoms with van der Waals surface area (Å²) in [6, 6.07) is 16.1. The third-order valence-corrected chi connectivity index (χ3v) is 4.23. The average Bonchev–Trinajstić information content (AvgIpc) is 2.56. The van der Waals surface area contributed by atoms with Gasteiger partial charge in [-0.25, -0.2) is 0 Å². The van der Waals surface area contributed by atoms with Gasteiger partial charge in [-0.15, -0.1) is 0 Å². The summed E-state index contributed by atoms with van der Waals surface area (Å²) < 4.78 is 6.14. The number of hydrogen-bond acceptors (Lipinski definition) is 2. The Labute approximate surface area is 137 Å². The van der Waals surface area contributed by atoms with Crippen LogP contribution in [-0.4, -0.2) is 12.0 Å². The van der Waals surface area contributed by atoms with E-state index in [0.29, 0.717) is 6.10 Å². The first-order valence-corrected chi connectivity index (χ1v) is 8.35. The average molecular weight is 309 g/mol. The molecular weight excluding hydrogens is 286 g/mol. The summed E-state index contributed by atoms with van der Waals surface area (Å²) in [4.78, 5) is 11.1. The van der Waals surface area contributed by atoms with Crippen LogP contribution in [0.2, 0.25) is 0 Å². The summed E-state index contributed by atoms with van der Waals surface area (Å²) in [7, 11) is 0. The minimum atomic E-state index is -0.0550. The van der Waals surface area contributed by atoms with Crippen LogP contribution in [-0.2, 0) is 4.79 Å². The molecule has 0 saturated heterocycles. The van der Waals surface area contributed by atoms with Crippen LogP contribution >= 0.6 is 0 Å². The largest absolute Gasteiger partial charge is 0.490 e. The van der Waals surface area contributed by atoms with Crippen molar-refractivity contribution in [1.29, 1.82) is 0 Å². The van der Waals surface area contributed by atoms with E-state index in [2.05, 4.69) is 17.4 Å². The molecule has 0 radical (unpaired) electrons. The number of rotatable bonds is 4. The van der Waals surface area contributed by atoms with E-state index in [-0.39, 0.29) is 5.91 Å². The van der Waals surface area contributed by atoms with Gasteiger partial charge in [0.25, 0.3) is 0 Å². The Morgan fingerprint density at radius 1 is 1.00 bits per heavy atom. The van der Waals surface area contributed by atoms with Gasteiger partial charge in [-0.1, -0.05) is 30.7 Å². The number of nitrogens with one attached hydrogen (secondary N) is 1. The van der Waals surface area contributed by atoms with Gasteiger partial charge >= 0.3 is 0 Å². The maximum absolute atomic E-state index is 11.1. The van der Waals surface area contributed by atoms with Gasteiger partial charge < -0.3 is 10.1 Å². The lowest BCUT2D eigenvalue weighted by molar-refractivity contribution is -0.114. The number of benzene rings is 2. The third kappa shape index (κ3) is 4.35. The molecular formula is C20H23NO2. The van der Waals surface area contributed by atoms with Gasteiger partial charge in [0.15, 0.2) is 0 Å². The molecule has 0 aromatic heterocycles. The Morgan fingerprint density at radius 3 is 2.43 bits per heavy atom. The molecule has 0 heterocycles. The minimum absolute atomic E-state index is 0.0550. The van der Waals surface area contributed by atoms with E-state index in [1.807, 2.05) is 36.4 Å². The van der Waals surface area contributed by atoms with Gasteiger partial charge in [0.05, 0.1) is 6.10 Å². The molecule has 1 N–H and O–H groups in total. The number of carbonyl (C=O) groups excluding carboxylic acids is 1. The van der Waals surface area contributed by atoms with E-state index in [1.54, 1.807) is 0 Å². The zero-order valence-electron chi connectivity index (χ0n) is 13.5. The Bertz CT molecular complexity index is 658. The summed E-state index contributed by atoms with van der Waals surface area (Å²) in [6.07, 6.45) is 6.57. The van der Waals surface area contributed by atoms with Crippen molar-refractivity contribution in [1.82, 2.24) is 0 Å². The topological polar surface area (TPSA) is 38.3 Å². The van der Waals surface area contributed by atoms with Crippen LogP contribution in [0.5, 0.6) is 5.75 Å². The second-order valence-corrected chi connectivity index (χ2v) is 6.16. The molecule has 2 aromatic rings. The molecule has 3 nitrogen and oxygen atoms in total. The summed E-state index contributed by atoms with van der Waals surface area (Å²) in [6.45, 7) is 1.51. The van der Waals surface area contributed by atoms with Crippen molar-refractivity contribution in [2.75, 3.05) is 5.32 Å². The molecule has 1 fully saturated rings. The highest BCUT2D eigenvalue weighted by molar-refractivity contribution is 5.89. The zero-order chi connectivity index (χ0) is 16.1. The smallest absolute Gasteiger partial charge is 0.221 e. The predicted molar refractivity (Wildman–Crippen MR) is 93.7 cm³/mol. The van der Waals surface area contributed by atoms with E-state index < -0.39 is 0 Å². The van der Waals surface area contributed by atoms with Crippen LogP contribution < -0.4 is 10.1 Å². The van der Waals surface area contributed by atoms with Crippen molar-refractivity contribution in [3.05, 3.63) is 48.5 Å². The highest BCUT2D eigenvalue weighted by Gasteiger charge is 2.14. The Hall–Kier alpha value is -2.29. The van der Waals surface area contributed by atoms with E-state index in [9.17, 15) is 4.79 Å². The summed E-state index contributed by atoms with van der Waals surface area (Å²) >= 11 is 0. The van der Waals surface area contributed by atoms with Crippen LogP contribution in [0, 0.1) is 0 Å². The number of hydrogen-bond donors (Lipinski definition) is 1. The van der Waals surface area contributed by atoms with Gasteiger partial charge in [0, 0.05) is 12.6 Å². The standard InChI is InChI=1S/C20H23NO2/c1-15(22)21-18-12-10-16(11-13-18)17-6-5-9-20(14-17)23-19-7-3-2-4-8-19/h5-6,9-14,19H,2-4,7-8H2,1H3,(H,21,22). The monoisotopic (exact) mass is 309 g/mol. The molecule has 3 rings (SSSR count). The second kappa shape index (κ2) is 7.32. The van der Waals surface area contributed by atoms with Crippen LogP contribution in [0.15, 0.2) is 48.5 Å². The zero-order valence-corrected chi connectivity index (χ0v) is 13.5. The molecule has 1 aliphatic rings. The normalized spacial score (nSPS) is 15.2. The van der Waals surface area contributed by atoms with Crippen LogP contribution in [0.4, 0.5) is 5.69 Å². The molecule has 0 bridgehead atoms. The lowest BCUT2D eigenvalue weighted by Crippen LogP contribution is -2.19. The fourth-order valence-corrected chi connectivity index (χ4v) is 3.07. The van der Waals surface area contributed by atoms with E-state index >= 15 is 0 Å². The Balaban J connectivity index is 1.72. The first kappa shape index (κ1) is 15.6. The highest BCUT2D eigenvalue weighted by Crippen LogP contribution is 2.28. The quantitative estimate of drug-likeness (QED) is 0.861. The predicted octanol–water partition coefficient (Wildman–Crippen LogP) is 5.02. The van der Waals surface area contributed by atoms with Gasteiger partial charge in [-0.3, -0.25) is 4.79 Å². The number of amides is 1. The van der Waals surface area contributed by atoms with Crippen molar-refractivity contribution < 1.29 is 9.53 Å². The first-order valence-electron chi connectivity index (χ1n) is 8.35. The van der Waals surface area contributed by atoms with E-state index in [1.165, 1.54) is 26.2 Å². The minimum Gasteiger partial charge on any atom is -0.490 e. The van der Waals surface area contributed by atoms with Crippen molar-refractivity contribution in [2.45, 2.75) is 45.1 Å². The maximum Gasteiger partial charge on any atom is 0.221 e. The van der Waals surface area contributed by atoms with Crippen molar-refractivity contribution in [3.63, 3.8) is 0 Å². The molecule has 120 valence electrons. The van der Waals surface area contributed by atoms with Crippen LogP contribution in [0.25, 0.3) is 11.1 Å². The van der Waals surface area contributed by atoms with E-state index in [0.717, 1.165) is 35.4 Å². The van der Waals surface area contributed by atoms with E-state index in [4.69, 9.17) is 4.74 Å². The molecule has 23 heavy (non-hydrogen) atoms. The second-order valence-electron chi connectivity index (χ2n) is 6.16. The molecule has 1 saturated carbocycles. The molecule has 0 aliphatic heterocycles. The molecule has 0 spiro atoms. The number of carbonyl (C=O) groups is 1. The molecule has 0 atom stereocenters. The molecule has 1 amide bonds. The Morgan fingerprint density at radius 2 is 1.74 bits per heavy atom. The molecule has 1 aliphatic carbocycles. The Kier molecular flexibility index (Phi) is 4.96. The van der Waals surface area contributed by atoms with Gasteiger partial charge in [-0.2, -0.15) is 0 Å². The first-order chi connectivity index (χ1) is 11.2. The number of anilines is 1. The maximum atomic E-state index is 11.1. The highest BCUT2D eigenvalue weighted by atomic mass is 16.5. The molecule has 3 heteroatoms. The summed E-state index contributed by atoms with van der Waals surface area (Å²) in [5.74, 6) is 0.890. The third-order valence-electron chi connectivity index (χ3n) is 4.23. The van der Waals surface area contributed by atoms with Crippen molar-refractivity contribution in [3.8, 4) is 16.9 Å². The SMILES string of the molecule is CC(=O)Nc1ccc(-c2cccc(OC3CCCCC3)c2)cc1. The molecule has 0 unspecified atom stereocenters. The lowest BCUT2D eigenvalue weighted by atomic mass is 9.97. The van der Waals surface area contributed by atoms with Gasteiger partial charge in [0.2, 0.25) is 5.91 Å². The molecule has 2 aromatic carbocycles.